The molecule has 2 aliphatic heterocycles. The molecular weight excluding hydrogens is 570 g/mol. The Hall–Kier alpha value is -3.66. The molecule has 3 aromatic carbocycles. The number of piperazine rings is 1. The predicted molar refractivity (Wildman–Crippen MR) is 173 cm³/mol. The normalized spacial score (nSPS) is 17.6. The van der Waals surface area contributed by atoms with E-state index in [1.54, 1.807) is 36.4 Å². The number of hydrogen-bond donors (Lipinski definition) is 1. The average molecular weight is 606 g/mol. The molecule has 0 bridgehead atoms. The van der Waals surface area contributed by atoms with Crippen LogP contribution >= 0.6 is 23.8 Å². The Morgan fingerprint density at radius 3 is 2.29 bits per heavy atom. The highest BCUT2D eigenvalue weighted by atomic mass is 35.5. The lowest BCUT2D eigenvalue weighted by Crippen LogP contribution is -2.47. The molecule has 0 aliphatic carbocycles. The molecule has 3 aromatic rings. The van der Waals surface area contributed by atoms with Crippen LogP contribution in [0.5, 0.6) is 5.75 Å². The van der Waals surface area contributed by atoms with E-state index in [-0.39, 0.29) is 18.2 Å². The van der Waals surface area contributed by atoms with E-state index in [0.717, 1.165) is 44.9 Å². The van der Waals surface area contributed by atoms with Crippen molar-refractivity contribution in [1.29, 1.82) is 0 Å². The first kappa shape index (κ1) is 29.8. The average Bonchev–Trinajstić information content (AvgIpc) is 3.23. The third-order valence-corrected chi connectivity index (χ3v) is 8.27. The van der Waals surface area contributed by atoms with Crippen molar-refractivity contribution in [1.82, 2.24) is 9.80 Å². The molecule has 10 heteroatoms. The van der Waals surface area contributed by atoms with Gasteiger partial charge in [0.05, 0.1) is 18.7 Å². The van der Waals surface area contributed by atoms with Gasteiger partial charge in [-0.25, -0.2) is 0 Å². The van der Waals surface area contributed by atoms with Crippen LogP contribution in [0, 0.1) is 0 Å². The van der Waals surface area contributed by atoms with Crippen LogP contribution in [0.4, 0.5) is 17.1 Å². The molecule has 220 valence electrons. The molecule has 5 rings (SSSR count). The fourth-order valence-corrected chi connectivity index (χ4v) is 5.98. The summed E-state index contributed by atoms with van der Waals surface area (Å²) in [6.45, 7) is 7.86. The lowest BCUT2D eigenvalue weighted by molar-refractivity contribution is -0.124. The highest BCUT2D eigenvalue weighted by molar-refractivity contribution is 7.80. The fourth-order valence-electron chi connectivity index (χ4n) is 5.44. The molecule has 2 amide bonds. The lowest BCUT2D eigenvalue weighted by atomic mass is 10.1. The summed E-state index contributed by atoms with van der Waals surface area (Å²) in [6.07, 6.45) is 0.816. The number of hydrogen-bond acceptors (Lipinski definition) is 6. The minimum absolute atomic E-state index is 0.00791. The number of carbonyl (C=O) groups is 2. The van der Waals surface area contributed by atoms with E-state index in [4.69, 9.17) is 28.6 Å². The van der Waals surface area contributed by atoms with Gasteiger partial charge < -0.3 is 19.9 Å². The van der Waals surface area contributed by atoms with E-state index < -0.39 is 6.04 Å². The smallest absolute Gasteiger partial charge is 0.256 e. The Morgan fingerprint density at radius 1 is 0.929 bits per heavy atom. The van der Waals surface area contributed by atoms with Crippen LogP contribution in [0.15, 0.2) is 78.9 Å². The van der Waals surface area contributed by atoms with Crippen molar-refractivity contribution in [2.45, 2.75) is 25.8 Å². The second kappa shape index (κ2) is 14.0. The van der Waals surface area contributed by atoms with Gasteiger partial charge in [0.25, 0.3) is 5.91 Å². The molecule has 42 heavy (non-hydrogen) atoms. The Kier molecular flexibility index (Phi) is 9.94. The van der Waals surface area contributed by atoms with Crippen LogP contribution in [0.1, 0.15) is 19.8 Å². The zero-order valence-corrected chi connectivity index (χ0v) is 25.3. The van der Waals surface area contributed by atoms with Gasteiger partial charge in [0.15, 0.2) is 5.11 Å². The number of benzene rings is 3. The number of carbonyl (C=O) groups excluding carboxylic acids is 2. The summed E-state index contributed by atoms with van der Waals surface area (Å²) >= 11 is 11.9. The largest absolute Gasteiger partial charge is 0.494 e. The molecule has 0 radical (unpaired) electrons. The Labute approximate surface area is 257 Å². The number of anilines is 3. The van der Waals surface area contributed by atoms with Crippen LogP contribution in [0.25, 0.3) is 0 Å². The maximum Gasteiger partial charge on any atom is 0.256 e. The van der Waals surface area contributed by atoms with Gasteiger partial charge in [0.1, 0.15) is 11.8 Å². The summed E-state index contributed by atoms with van der Waals surface area (Å²) in [7, 11) is 0. The van der Waals surface area contributed by atoms with Gasteiger partial charge in [0.2, 0.25) is 5.91 Å². The number of halogens is 1. The van der Waals surface area contributed by atoms with E-state index in [1.807, 2.05) is 30.0 Å². The van der Waals surface area contributed by atoms with Gasteiger partial charge in [-0.15, -0.1) is 0 Å². The van der Waals surface area contributed by atoms with E-state index in [1.165, 1.54) is 10.6 Å². The number of para-hydroxylation sites is 1. The van der Waals surface area contributed by atoms with Gasteiger partial charge >= 0.3 is 0 Å². The quantitative estimate of drug-likeness (QED) is 0.298. The van der Waals surface area contributed by atoms with E-state index in [0.29, 0.717) is 34.7 Å². The van der Waals surface area contributed by atoms with E-state index >= 15 is 0 Å². The molecule has 2 heterocycles. The molecule has 8 nitrogen and oxygen atoms in total. The number of ether oxygens (including phenoxy) is 1. The highest BCUT2D eigenvalue weighted by Crippen LogP contribution is 2.29. The third kappa shape index (κ3) is 7.21. The van der Waals surface area contributed by atoms with Crippen molar-refractivity contribution in [2.24, 2.45) is 0 Å². The minimum atomic E-state index is -0.689. The third-order valence-electron chi connectivity index (χ3n) is 7.60. The van der Waals surface area contributed by atoms with Gasteiger partial charge in [0, 0.05) is 49.1 Å². The first-order chi connectivity index (χ1) is 20.4. The number of thiocarbonyl (C=S) groups is 1. The van der Waals surface area contributed by atoms with Crippen LogP contribution in [-0.2, 0) is 9.59 Å². The summed E-state index contributed by atoms with van der Waals surface area (Å²) < 4.78 is 5.48. The zero-order chi connectivity index (χ0) is 29.5. The van der Waals surface area contributed by atoms with Crippen molar-refractivity contribution in [3.8, 4) is 5.75 Å². The molecule has 0 saturated carbocycles. The number of nitrogens with zero attached hydrogens (tertiary/aromatic N) is 4. The SMILES string of the molecule is CCOc1ccc(NC(=O)C[C@H]2C(=O)N(c3ccc(Cl)cc3)C(=S)N2CCCN2CCN(c3ccccc3)CC2)cc1. The van der Waals surface area contributed by atoms with Crippen molar-refractivity contribution < 1.29 is 14.3 Å². The van der Waals surface area contributed by atoms with E-state index in [9.17, 15) is 9.59 Å². The monoisotopic (exact) mass is 605 g/mol. The molecule has 1 atom stereocenters. The van der Waals surface area contributed by atoms with Crippen molar-refractivity contribution in [2.75, 3.05) is 61.0 Å². The lowest BCUT2D eigenvalue weighted by Gasteiger charge is -2.36. The molecule has 2 aliphatic rings. The van der Waals surface area contributed by atoms with Crippen LogP contribution in [0.2, 0.25) is 5.02 Å². The van der Waals surface area contributed by atoms with Gasteiger partial charge in [-0.05, 0) is 92.8 Å². The van der Waals surface area contributed by atoms with Crippen molar-refractivity contribution >= 4 is 57.8 Å². The number of rotatable bonds is 11. The van der Waals surface area contributed by atoms with Crippen LogP contribution in [0.3, 0.4) is 0 Å². The van der Waals surface area contributed by atoms with Crippen molar-refractivity contribution in [3.63, 3.8) is 0 Å². The Morgan fingerprint density at radius 2 is 1.62 bits per heavy atom. The topological polar surface area (TPSA) is 68.4 Å². The summed E-state index contributed by atoms with van der Waals surface area (Å²) in [4.78, 5) is 35.1. The molecule has 0 unspecified atom stereocenters. The van der Waals surface area contributed by atoms with Crippen molar-refractivity contribution in [3.05, 3.63) is 83.9 Å². The molecule has 2 saturated heterocycles. The van der Waals surface area contributed by atoms with E-state index in [2.05, 4.69) is 39.4 Å². The summed E-state index contributed by atoms with van der Waals surface area (Å²) in [5, 5.41) is 3.90. The second-order valence-electron chi connectivity index (χ2n) is 10.4. The number of nitrogens with one attached hydrogen (secondary N) is 1. The first-order valence-electron chi connectivity index (χ1n) is 14.4. The van der Waals surface area contributed by atoms with Crippen LogP contribution < -0.4 is 19.9 Å². The van der Waals surface area contributed by atoms with Crippen LogP contribution in [-0.4, -0.2) is 78.6 Å². The fraction of sp³-hybridized carbons (Fsp3) is 0.344. The Balaban J connectivity index is 1.22. The summed E-state index contributed by atoms with van der Waals surface area (Å²) in [5.41, 5.74) is 2.55. The maximum absolute atomic E-state index is 13.7. The predicted octanol–water partition coefficient (Wildman–Crippen LogP) is 5.28. The highest BCUT2D eigenvalue weighted by Gasteiger charge is 2.44. The van der Waals surface area contributed by atoms with Gasteiger partial charge in [-0.1, -0.05) is 29.8 Å². The zero-order valence-electron chi connectivity index (χ0n) is 23.7. The molecule has 0 spiro atoms. The first-order valence-corrected chi connectivity index (χ1v) is 15.2. The summed E-state index contributed by atoms with van der Waals surface area (Å²) in [5.74, 6) is 0.277. The molecule has 1 N–H and O–H groups in total. The maximum atomic E-state index is 13.7. The Bertz CT molecular complexity index is 1370. The van der Waals surface area contributed by atoms with Gasteiger partial charge in [-0.2, -0.15) is 0 Å². The van der Waals surface area contributed by atoms with Gasteiger partial charge in [-0.3, -0.25) is 19.4 Å². The standard InChI is InChI=1S/C32H36ClN5O3S/c1-2-41-28-15-11-25(12-16-28)34-30(39)23-29-31(40)38(27-13-9-24(33)10-14-27)32(42)37(29)18-6-17-35-19-21-36(22-20-35)26-7-4-3-5-8-26/h3-5,7-16,29H,2,6,17-23H2,1H3,(H,34,39)/t29-/m0/s1. The molecule has 0 aromatic heterocycles. The minimum Gasteiger partial charge on any atom is -0.494 e. The number of amides is 2. The molecule has 2 fully saturated rings. The summed E-state index contributed by atoms with van der Waals surface area (Å²) in [6, 6.07) is 24.0. The second-order valence-corrected chi connectivity index (χ2v) is 11.2. The molecular formula is C32H36ClN5O3S.